The number of hydrogen-bond acceptors (Lipinski definition) is 3. The SMILES string of the molecule is CCCC(CCO)CNC(=NCc1sccc1C)NCC.I. The third kappa shape index (κ3) is 8.33. The number of guanidine groups is 1. The zero-order chi connectivity index (χ0) is 15.5. The Bertz CT molecular complexity index is 417. The molecule has 4 nitrogen and oxygen atoms in total. The molecular formula is C16H30IN3OS. The number of aliphatic hydroxyl groups is 1. The van der Waals surface area contributed by atoms with Gasteiger partial charge in [0.15, 0.2) is 5.96 Å². The summed E-state index contributed by atoms with van der Waals surface area (Å²) in [6, 6.07) is 2.13. The first-order chi connectivity index (χ1) is 10.2. The number of hydrogen-bond donors (Lipinski definition) is 3. The molecule has 1 atom stereocenters. The van der Waals surface area contributed by atoms with E-state index >= 15 is 0 Å². The number of aliphatic imine (C=N–C) groups is 1. The van der Waals surface area contributed by atoms with Crippen LogP contribution in [-0.4, -0.2) is 30.8 Å². The minimum absolute atomic E-state index is 0. The molecule has 128 valence electrons. The van der Waals surface area contributed by atoms with Gasteiger partial charge in [-0.15, -0.1) is 35.3 Å². The van der Waals surface area contributed by atoms with E-state index in [1.54, 1.807) is 11.3 Å². The molecule has 0 aromatic carbocycles. The lowest BCUT2D eigenvalue weighted by Crippen LogP contribution is -2.40. The predicted molar refractivity (Wildman–Crippen MR) is 107 cm³/mol. The van der Waals surface area contributed by atoms with Crippen LogP contribution in [0.1, 0.15) is 43.6 Å². The molecular weight excluding hydrogens is 409 g/mol. The highest BCUT2D eigenvalue weighted by molar-refractivity contribution is 14.0. The lowest BCUT2D eigenvalue weighted by Gasteiger charge is -2.18. The van der Waals surface area contributed by atoms with E-state index in [4.69, 9.17) is 5.11 Å². The first-order valence-corrected chi connectivity index (χ1v) is 8.75. The van der Waals surface area contributed by atoms with Gasteiger partial charge in [-0.1, -0.05) is 13.3 Å². The van der Waals surface area contributed by atoms with Crippen LogP contribution in [0.4, 0.5) is 0 Å². The molecule has 0 fully saturated rings. The molecule has 0 spiro atoms. The van der Waals surface area contributed by atoms with Gasteiger partial charge in [-0.25, -0.2) is 4.99 Å². The quantitative estimate of drug-likeness (QED) is 0.314. The fourth-order valence-corrected chi connectivity index (χ4v) is 3.07. The molecule has 6 heteroatoms. The Labute approximate surface area is 155 Å². The molecule has 0 aliphatic carbocycles. The monoisotopic (exact) mass is 439 g/mol. The maximum absolute atomic E-state index is 9.12. The van der Waals surface area contributed by atoms with Gasteiger partial charge >= 0.3 is 0 Å². The molecule has 1 aromatic heterocycles. The van der Waals surface area contributed by atoms with E-state index in [9.17, 15) is 0 Å². The van der Waals surface area contributed by atoms with Crippen LogP contribution >= 0.6 is 35.3 Å². The van der Waals surface area contributed by atoms with Crippen LogP contribution in [0, 0.1) is 12.8 Å². The Hall–Kier alpha value is -0.340. The molecule has 0 amide bonds. The van der Waals surface area contributed by atoms with E-state index in [1.165, 1.54) is 10.4 Å². The summed E-state index contributed by atoms with van der Waals surface area (Å²) in [6.45, 7) is 9.08. The average molecular weight is 439 g/mol. The van der Waals surface area contributed by atoms with Gasteiger partial charge in [0.1, 0.15) is 0 Å². The topological polar surface area (TPSA) is 56.6 Å². The number of nitrogens with zero attached hydrogens (tertiary/aromatic N) is 1. The lowest BCUT2D eigenvalue weighted by atomic mass is 10.0. The van der Waals surface area contributed by atoms with Crippen molar-refractivity contribution in [3.05, 3.63) is 21.9 Å². The molecule has 0 aliphatic rings. The number of aryl methyl sites for hydroxylation is 1. The second kappa shape index (κ2) is 13.1. The van der Waals surface area contributed by atoms with Crippen LogP contribution in [0.3, 0.4) is 0 Å². The van der Waals surface area contributed by atoms with E-state index in [0.717, 1.165) is 44.9 Å². The summed E-state index contributed by atoms with van der Waals surface area (Å²) in [6.07, 6.45) is 3.13. The molecule has 0 saturated heterocycles. The van der Waals surface area contributed by atoms with E-state index < -0.39 is 0 Å². The fourth-order valence-electron chi connectivity index (χ4n) is 2.24. The Morgan fingerprint density at radius 2 is 2.09 bits per heavy atom. The minimum Gasteiger partial charge on any atom is -0.396 e. The van der Waals surface area contributed by atoms with Gasteiger partial charge in [-0.3, -0.25) is 0 Å². The van der Waals surface area contributed by atoms with E-state index in [-0.39, 0.29) is 30.6 Å². The van der Waals surface area contributed by atoms with Crippen molar-refractivity contribution in [2.45, 2.75) is 46.6 Å². The second-order valence-corrected chi connectivity index (χ2v) is 6.27. The summed E-state index contributed by atoms with van der Waals surface area (Å²) < 4.78 is 0. The first kappa shape index (κ1) is 21.7. The predicted octanol–water partition coefficient (Wildman–Crippen LogP) is 3.53. The maximum atomic E-state index is 9.12. The number of nitrogens with one attached hydrogen (secondary N) is 2. The highest BCUT2D eigenvalue weighted by Crippen LogP contribution is 2.16. The standard InChI is InChI=1S/C16H29N3OS.HI/c1-4-6-14(7-9-20)11-18-16(17-5-2)19-12-15-13(3)8-10-21-15;/h8,10,14,20H,4-7,9,11-12H2,1-3H3,(H2,17,18,19);1H. The molecule has 1 aromatic rings. The third-order valence-corrected chi connectivity index (χ3v) is 4.49. The molecule has 0 saturated carbocycles. The second-order valence-electron chi connectivity index (χ2n) is 5.27. The highest BCUT2D eigenvalue weighted by Gasteiger charge is 2.08. The number of rotatable bonds is 9. The van der Waals surface area contributed by atoms with Crippen molar-refractivity contribution in [1.29, 1.82) is 0 Å². The number of aliphatic hydroxyl groups excluding tert-OH is 1. The van der Waals surface area contributed by atoms with E-state index in [1.807, 2.05) is 0 Å². The summed E-state index contributed by atoms with van der Waals surface area (Å²) in [5.74, 6) is 1.37. The third-order valence-electron chi connectivity index (χ3n) is 3.49. The highest BCUT2D eigenvalue weighted by atomic mass is 127. The molecule has 3 N–H and O–H groups in total. The van der Waals surface area contributed by atoms with Crippen molar-refractivity contribution < 1.29 is 5.11 Å². The molecule has 0 aliphatic heterocycles. The van der Waals surface area contributed by atoms with E-state index in [2.05, 4.69) is 47.8 Å². The van der Waals surface area contributed by atoms with Gasteiger partial charge < -0.3 is 15.7 Å². The normalized spacial score (nSPS) is 12.6. The van der Waals surface area contributed by atoms with Gasteiger partial charge in [-0.05, 0) is 49.6 Å². The van der Waals surface area contributed by atoms with E-state index in [0.29, 0.717) is 5.92 Å². The van der Waals surface area contributed by atoms with Crippen molar-refractivity contribution in [1.82, 2.24) is 10.6 Å². The summed E-state index contributed by atoms with van der Waals surface area (Å²) in [5, 5.41) is 17.9. The molecule has 1 heterocycles. The summed E-state index contributed by atoms with van der Waals surface area (Å²) in [5.41, 5.74) is 1.31. The average Bonchev–Trinajstić information content (AvgIpc) is 2.87. The van der Waals surface area contributed by atoms with Crippen LogP contribution in [0.15, 0.2) is 16.4 Å². The van der Waals surface area contributed by atoms with Crippen LogP contribution in [0.25, 0.3) is 0 Å². The smallest absolute Gasteiger partial charge is 0.191 e. The number of thiophene rings is 1. The van der Waals surface area contributed by atoms with Crippen LogP contribution in [0.5, 0.6) is 0 Å². The Morgan fingerprint density at radius 1 is 1.32 bits per heavy atom. The lowest BCUT2D eigenvalue weighted by molar-refractivity contribution is 0.251. The Morgan fingerprint density at radius 3 is 2.64 bits per heavy atom. The molecule has 0 bridgehead atoms. The zero-order valence-electron chi connectivity index (χ0n) is 13.9. The minimum atomic E-state index is 0. The van der Waals surface area contributed by atoms with Crippen molar-refractivity contribution in [2.24, 2.45) is 10.9 Å². The fraction of sp³-hybridized carbons (Fsp3) is 0.688. The van der Waals surface area contributed by atoms with Gasteiger partial charge in [0.25, 0.3) is 0 Å². The maximum Gasteiger partial charge on any atom is 0.191 e. The summed E-state index contributed by atoms with van der Waals surface area (Å²) >= 11 is 1.75. The molecule has 0 radical (unpaired) electrons. The van der Waals surface area contributed by atoms with Gasteiger partial charge in [0.2, 0.25) is 0 Å². The van der Waals surface area contributed by atoms with Gasteiger partial charge in [0, 0.05) is 24.6 Å². The molecule has 1 unspecified atom stereocenters. The van der Waals surface area contributed by atoms with Crippen LogP contribution < -0.4 is 10.6 Å². The Balaban J connectivity index is 0.00000441. The van der Waals surface area contributed by atoms with Crippen LogP contribution in [0.2, 0.25) is 0 Å². The first-order valence-electron chi connectivity index (χ1n) is 7.87. The Kier molecular flexibility index (Phi) is 12.9. The largest absolute Gasteiger partial charge is 0.396 e. The van der Waals surface area contributed by atoms with Crippen molar-refractivity contribution in [3.63, 3.8) is 0 Å². The van der Waals surface area contributed by atoms with Gasteiger partial charge in [-0.2, -0.15) is 0 Å². The zero-order valence-corrected chi connectivity index (χ0v) is 17.0. The van der Waals surface area contributed by atoms with Crippen molar-refractivity contribution in [2.75, 3.05) is 19.7 Å². The molecule has 1 rings (SSSR count). The summed E-state index contributed by atoms with van der Waals surface area (Å²) in [4.78, 5) is 5.96. The molecule has 22 heavy (non-hydrogen) atoms. The summed E-state index contributed by atoms with van der Waals surface area (Å²) in [7, 11) is 0. The van der Waals surface area contributed by atoms with Gasteiger partial charge in [0.05, 0.1) is 6.54 Å². The van der Waals surface area contributed by atoms with Crippen molar-refractivity contribution in [3.8, 4) is 0 Å². The van der Waals surface area contributed by atoms with Crippen LogP contribution in [-0.2, 0) is 6.54 Å². The van der Waals surface area contributed by atoms with Crippen molar-refractivity contribution >= 4 is 41.3 Å². The number of halogens is 1.